The maximum atomic E-state index is 10.9. The van der Waals surface area contributed by atoms with Crippen LogP contribution in [-0.4, -0.2) is 11.1 Å². The Labute approximate surface area is 133 Å². The quantitative estimate of drug-likeness (QED) is 0.833. The lowest BCUT2D eigenvalue weighted by molar-refractivity contribution is -0.138. The van der Waals surface area contributed by atoms with Crippen LogP contribution < -0.4 is 5.32 Å². The molecule has 2 N–H and O–H groups in total. The number of nitrogens with one attached hydrogen (secondary N) is 1. The number of halogens is 1. The van der Waals surface area contributed by atoms with E-state index in [1.807, 2.05) is 42.5 Å². The van der Waals surface area contributed by atoms with Gasteiger partial charge in [0, 0.05) is 16.7 Å². The number of anilines is 1. The Balaban J connectivity index is 2.04. The van der Waals surface area contributed by atoms with Crippen LogP contribution in [0, 0.1) is 6.92 Å². The smallest absolute Gasteiger partial charge is 0.310 e. The molecule has 0 spiro atoms. The number of hydrogen-bond donors (Lipinski definition) is 2. The predicted octanol–water partition coefficient (Wildman–Crippen LogP) is 4.56. The Kier molecular flexibility index (Phi) is 5.02. The molecule has 0 saturated heterocycles. The van der Waals surface area contributed by atoms with Crippen molar-refractivity contribution in [2.75, 3.05) is 5.32 Å². The lowest BCUT2D eigenvalue weighted by Gasteiger charge is -2.12. The molecular weight excluding hydrogens is 330 g/mol. The molecule has 0 fully saturated rings. The SMILES string of the molecule is Cc1c(Br)cccc1NCc1ccc(C(C)C(=O)O)cc1. The molecule has 4 heteroatoms. The largest absolute Gasteiger partial charge is 0.481 e. The Morgan fingerprint density at radius 1 is 1.24 bits per heavy atom. The summed E-state index contributed by atoms with van der Waals surface area (Å²) in [5, 5.41) is 12.4. The summed E-state index contributed by atoms with van der Waals surface area (Å²) in [4.78, 5) is 10.9. The number of carbonyl (C=O) groups is 1. The summed E-state index contributed by atoms with van der Waals surface area (Å²) in [6, 6.07) is 13.7. The van der Waals surface area contributed by atoms with Gasteiger partial charge in [-0.2, -0.15) is 0 Å². The van der Waals surface area contributed by atoms with E-state index in [0.717, 1.165) is 21.3 Å². The average Bonchev–Trinajstić information content (AvgIpc) is 2.48. The van der Waals surface area contributed by atoms with Crippen molar-refractivity contribution in [1.82, 2.24) is 0 Å². The minimum Gasteiger partial charge on any atom is -0.481 e. The number of benzene rings is 2. The van der Waals surface area contributed by atoms with Gasteiger partial charge in [0.15, 0.2) is 0 Å². The van der Waals surface area contributed by atoms with Crippen LogP contribution in [0.2, 0.25) is 0 Å². The zero-order valence-corrected chi connectivity index (χ0v) is 13.6. The van der Waals surface area contributed by atoms with Gasteiger partial charge in [-0.3, -0.25) is 4.79 Å². The Bertz CT molecular complexity index is 638. The molecule has 0 aliphatic carbocycles. The van der Waals surface area contributed by atoms with Gasteiger partial charge in [-0.25, -0.2) is 0 Å². The van der Waals surface area contributed by atoms with E-state index in [1.54, 1.807) is 6.92 Å². The van der Waals surface area contributed by atoms with Crippen LogP contribution in [0.4, 0.5) is 5.69 Å². The molecule has 2 rings (SSSR count). The van der Waals surface area contributed by atoms with E-state index in [2.05, 4.69) is 28.2 Å². The molecule has 3 nitrogen and oxygen atoms in total. The van der Waals surface area contributed by atoms with E-state index in [1.165, 1.54) is 5.56 Å². The molecule has 0 amide bonds. The van der Waals surface area contributed by atoms with Gasteiger partial charge in [0.05, 0.1) is 5.92 Å². The Morgan fingerprint density at radius 2 is 1.90 bits per heavy atom. The zero-order chi connectivity index (χ0) is 15.4. The Hall–Kier alpha value is -1.81. The highest BCUT2D eigenvalue weighted by molar-refractivity contribution is 9.10. The van der Waals surface area contributed by atoms with Crippen molar-refractivity contribution in [2.45, 2.75) is 26.3 Å². The molecule has 0 saturated carbocycles. The lowest BCUT2D eigenvalue weighted by atomic mass is 10.00. The molecule has 0 heterocycles. The second-order valence-electron chi connectivity index (χ2n) is 5.07. The first kappa shape index (κ1) is 15.6. The molecule has 0 aliphatic rings. The molecule has 110 valence electrons. The molecule has 0 bridgehead atoms. The number of carboxylic acid groups (broad SMARTS) is 1. The summed E-state index contributed by atoms with van der Waals surface area (Å²) < 4.78 is 1.08. The first-order valence-corrected chi connectivity index (χ1v) is 7.59. The van der Waals surface area contributed by atoms with Gasteiger partial charge in [-0.1, -0.05) is 46.3 Å². The van der Waals surface area contributed by atoms with Crippen LogP contribution >= 0.6 is 15.9 Å². The van der Waals surface area contributed by atoms with Crippen molar-refractivity contribution in [3.8, 4) is 0 Å². The summed E-state index contributed by atoms with van der Waals surface area (Å²) in [5.74, 6) is -1.27. The third-order valence-corrected chi connectivity index (χ3v) is 4.46. The van der Waals surface area contributed by atoms with Crippen molar-refractivity contribution in [3.63, 3.8) is 0 Å². The summed E-state index contributed by atoms with van der Waals surface area (Å²) in [7, 11) is 0. The molecule has 0 aliphatic heterocycles. The van der Waals surface area contributed by atoms with Crippen LogP contribution in [0.15, 0.2) is 46.9 Å². The van der Waals surface area contributed by atoms with Crippen LogP contribution in [0.25, 0.3) is 0 Å². The fourth-order valence-electron chi connectivity index (χ4n) is 2.06. The van der Waals surface area contributed by atoms with E-state index < -0.39 is 11.9 Å². The first-order chi connectivity index (χ1) is 9.99. The van der Waals surface area contributed by atoms with Crippen molar-refractivity contribution in [1.29, 1.82) is 0 Å². The van der Waals surface area contributed by atoms with Gasteiger partial charge in [-0.05, 0) is 42.7 Å². The van der Waals surface area contributed by atoms with Crippen molar-refractivity contribution >= 4 is 27.6 Å². The number of carboxylic acids is 1. The first-order valence-electron chi connectivity index (χ1n) is 6.79. The van der Waals surface area contributed by atoms with Gasteiger partial charge in [-0.15, -0.1) is 0 Å². The van der Waals surface area contributed by atoms with Crippen LogP contribution in [0.1, 0.15) is 29.5 Å². The molecule has 2 aromatic rings. The van der Waals surface area contributed by atoms with E-state index >= 15 is 0 Å². The molecule has 2 aromatic carbocycles. The van der Waals surface area contributed by atoms with Gasteiger partial charge < -0.3 is 10.4 Å². The minimum atomic E-state index is -0.800. The molecule has 1 unspecified atom stereocenters. The third-order valence-electron chi connectivity index (χ3n) is 3.60. The van der Waals surface area contributed by atoms with E-state index in [4.69, 9.17) is 5.11 Å². The molecule has 1 atom stereocenters. The molecule has 0 radical (unpaired) electrons. The molecule has 0 aromatic heterocycles. The highest BCUT2D eigenvalue weighted by atomic mass is 79.9. The van der Waals surface area contributed by atoms with E-state index in [-0.39, 0.29) is 0 Å². The van der Waals surface area contributed by atoms with Gasteiger partial charge in [0.1, 0.15) is 0 Å². The standard InChI is InChI=1S/C17H18BrNO2/c1-11(17(20)21)14-8-6-13(7-9-14)10-19-16-5-3-4-15(18)12(16)2/h3-9,11,19H,10H2,1-2H3,(H,20,21). The van der Waals surface area contributed by atoms with Crippen molar-refractivity contribution < 1.29 is 9.90 Å². The van der Waals surface area contributed by atoms with E-state index in [9.17, 15) is 4.79 Å². The molecule has 21 heavy (non-hydrogen) atoms. The topological polar surface area (TPSA) is 49.3 Å². The summed E-state index contributed by atoms with van der Waals surface area (Å²) in [6.45, 7) is 4.46. The van der Waals surface area contributed by atoms with E-state index in [0.29, 0.717) is 6.54 Å². The van der Waals surface area contributed by atoms with Crippen molar-refractivity contribution in [3.05, 3.63) is 63.6 Å². The fourth-order valence-corrected chi connectivity index (χ4v) is 2.43. The predicted molar refractivity (Wildman–Crippen MR) is 88.7 cm³/mol. The monoisotopic (exact) mass is 347 g/mol. The number of rotatable bonds is 5. The highest BCUT2D eigenvalue weighted by Crippen LogP contribution is 2.24. The van der Waals surface area contributed by atoms with Gasteiger partial charge in [0.25, 0.3) is 0 Å². The second-order valence-corrected chi connectivity index (χ2v) is 5.92. The number of hydrogen-bond acceptors (Lipinski definition) is 2. The van der Waals surface area contributed by atoms with Crippen LogP contribution in [0.3, 0.4) is 0 Å². The lowest BCUT2D eigenvalue weighted by Crippen LogP contribution is -2.07. The summed E-state index contributed by atoms with van der Waals surface area (Å²) in [6.07, 6.45) is 0. The third kappa shape index (κ3) is 3.85. The van der Waals surface area contributed by atoms with Crippen LogP contribution in [0.5, 0.6) is 0 Å². The van der Waals surface area contributed by atoms with Crippen LogP contribution in [-0.2, 0) is 11.3 Å². The van der Waals surface area contributed by atoms with Crippen molar-refractivity contribution in [2.24, 2.45) is 0 Å². The van der Waals surface area contributed by atoms with Gasteiger partial charge >= 0.3 is 5.97 Å². The second kappa shape index (κ2) is 6.76. The summed E-state index contributed by atoms with van der Waals surface area (Å²) in [5.41, 5.74) is 4.21. The fraction of sp³-hybridized carbons (Fsp3) is 0.235. The number of aliphatic carboxylic acids is 1. The Morgan fingerprint density at radius 3 is 2.52 bits per heavy atom. The molecular formula is C17H18BrNO2. The maximum absolute atomic E-state index is 10.9. The zero-order valence-electron chi connectivity index (χ0n) is 12.1. The highest BCUT2D eigenvalue weighted by Gasteiger charge is 2.12. The maximum Gasteiger partial charge on any atom is 0.310 e. The summed E-state index contributed by atoms with van der Waals surface area (Å²) >= 11 is 3.52. The normalized spacial score (nSPS) is 12.0. The average molecular weight is 348 g/mol. The van der Waals surface area contributed by atoms with Gasteiger partial charge in [0.2, 0.25) is 0 Å². The minimum absolute atomic E-state index is 0.473.